The van der Waals surface area contributed by atoms with Crippen molar-refractivity contribution >= 4 is 5.82 Å². The highest BCUT2D eigenvalue weighted by Crippen LogP contribution is 2.48. The molecular formula is C38H50FN7O2. The average molecular weight is 656 g/mol. The van der Waals surface area contributed by atoms with Gasteiger partial charge < -0.3 is 19.6 Å². The number of likely N-dealkylation sites (tertiary alicyclic amines) is 2. The molecule has 0 unspecified atom stereocenters. The largest absolute Gasteiger partial charge is 0.434 e. The molecule has 0 radical (unpaired) electrons. The molecule has 2 saturated carbocycles. The standard InChI is InChI=1S/C38H50FN7O2/c1-25(2)34(28-10-14-44(15-11-28)20-26-18-37(3,47)19-26)46-22-38(23-46)12-16-45(21-38)35-36(43-42-24-41-35)48-32-9-8-29(39)17-31(32)30-5-4-13-40-33(30)27-6-7-27/h4-5,8-9,13,17,24-28,34,47H,6-7,10-12,14-16,18-23H2,1-3H3/t26?,34-,37?/m1/s1. The van der Waals surface area contributed by atoms with E-state index in [1.807, 2.05) is 25.3 Å². The van der Waals surface area contributed by atoms with Crippen molar-refractivity contribution in [2.45, 2.75) is 83.3 Å². The van der Waals surface area contributed by atoms with Crippen LogP contribution in [0.25, 0.3) is 11.1 Å². The minimum Gasteiger partial charge on any atom is -0.434 e. The predicted molar refractivity (Wildman–Crippen MR) is 183 cm³/mol. The summed E-state index contributed by atoms with van der Waals surface area (Å²) in [6, 6.07) is 9.15. The van der Waals surface area contributed by atoms with E-state index >= 15 is 0 Å². The number of piperidine rings is 1. The third-order valence-corrected chi connectivity index (χ3v) is 11.8. The summed E-state index contributed by atoms with van der Waals surface area (Å²) >= 11 is 0. The molecule has 1 N–H and O–H groups in total. The number of benzene rings is 1. The lowest BCUT2D eigenvalue weighted by Crippen LogP contribution is -2.64. The number of hydrogen-bond donors (Lipinski definition) is 1. The van der Waals surface area contributed by atoms with Gasteiger partial charge in [0, 0.05) is 67.4 Å². The van der Waals surface area contributed by atoms with E-state index < -0.39 is 5.60 Å². The van der Waals surface area contributed by atoms with Crippen molar-refractivity contribution < 1.29 is 14.2 Å². The van der Waals surface area contributed by atoms with Crippen LogP contribution in [0.5, 0.6) is 11.6 Å². The molecule has 1 atom stereocenters. The second kappa shape index (κ2) is 12.6. The maximum absolute atomic E-state index is 14.6. The van der Waals surface area contributed by atoms with Crippen LogP contribution in [0.15, 0.2) is 42.9 Å². The van der Waals surface area contributed by atoms with E-state index in [0.29, 0.717) is 46.8 Å². The summed E-state index contributed by atoms with van der Waals surface area (Å²) in [6.07, 6.45) is 11.1. The first-order valence-electron chi connectivity index (χ1n) is 18.2. The molecule has 0 amide bonds. The number of nitrogens with zero attached hydrogens (tertiary/aromatic N) is 7. The minimum absolute atomic E-state index is 0.243. The summed E-state index contributed by atoms with van der Waals surface area (Å²) in [5.41, 5.74) is 2.39. The van der Waals surface area contributed by atoms with Gasteiger partial charge in [-0.3, -0.25) is 9.88 Å². The zero-order valence-electron chi connectivity index (χ0n) is 28.7. The summed E-state index contributed by atoms with van der Waals surface area (Å²) in [5.74, 6) is 3.69. The lowest BCUT2D eigenvalue weighted by atomic mass is 9.71. The number of pyridine rings is 1. The molecule has 48 heavy (non-hydrogen) atoms. The van der Waals surface area contributed by atoms with Gasteiger partial charge in [-0.1, -0.05) is 19.9 Å². The van der Waals surface area contributed by atoms with E-state index in [1.165, 1.54) is 44.4 Å². The summed E-state index contributed by atoms with van der Waals surface area (Å²) < 4.78 is 21.1. The van der Waals surface area contributed by atoms with Gasteiger partial charge in [-0.15, -0.1) is 10.2 Å². The van der Waals surface area contributed by atoms with Gasteiger partial charge in [-0.05, 0) is 107 Å². The zero-order valence-corrected chi connectivity index (χ0v) is 28.7. The summed E-state index contributed by atoms with van der Waals surface area (Å²) in [7, 11) is 0. The second-order valence-electron chi connectivity index (χ2n) is 16.3. The highest BCUT2D eigenvalue weighted by Gasteiger charge is 2.52. The Hall–Kier alpha value is -3.21. The Balaban J connectivity index is 0.922. The molecular weight excluding hydrogens is 605 g/mol. The Morgan fingerprint density at radius 3 is 2.52 bits per heavy atom. The number of aliphatic hydroxyl groups is 1. The van der Waals surface area contributed by atoms with Gasteiger partial charge in [0.25, 0.3) is 5.88 Å². The Labute approximate surface area is 283 Å². The van der Waals surface area contributed by atoms with Gasteiger partial charge in [0.05, 0.1) is 11.3 Å². The molecule has 5 fully saturated rings. The minimum atomic E-state index is -0.431. The molecule has 2 aliphatic carbocycles. The lowest BCUT2D eigenvalue weighted by molar-refractivity contribution is -0.0762. The number of hydrogen-bond acceptors (Lipinski definition) is 9. The topological polar surface area (TPSA) is 90.7 Å². The van der Waals surface area contributed by atoms with E-state index in [2.05, 4.69) is 48.7 Å². The SMILES string of the molecule is CC(C)[C@H](C1CCN(CC2CC(C)(O)C2)CC1)N1CC2(CCN(c3ncnnc3Oc3ccc(F)cc3-c3cccnc3C3CC3)C2)C1. The van der Waals surface area contributed by atoms with Crippen molar-refractivity contribution in [3.8, 4) is 22.8 Å². The van der Waals surface area contributed by atoms with Crippen LogP contribution in [-0.2, 0) is 0 Å². The number of aromatic nitrogens is 4. The first kappa shape index (κ1) is 32.0. The molecule has 10 heteroatoms. The Bertz CT molecular complexity index is 1610. The smallest absolute Gasteiger partial charge is 0.282 e. The van der Waals surface area contributed by atoms with Crippen LogP contribution in [0.3, 0.4) is 0 Å². The maximum atomic E-state index is 14.6. The summed E-state index contributed by atoms with van der Waals surface area (Å²) in [4.78, 5) is 17.0. The van der Waals surface area contributed by atoms with E-state index in [9.17, 15) is 9.50 Å². The highest BCUT2D eigenvalue weighted by atomic mass is 19.1. The first-order valence-corrected chi connectivity index (χ1v) is 18.2. The van der Waals surface area contributed by atoms with Crippen LogP contribution in [0, 0.1) is 29.0 Å². The van der Waals surface area contributed by atoms with Gasteiger partial charge in [0.15, 0.2) is 5.82 Å². The zero-order chi connectivity index (χ0) is 33.0. The second-order valence-corrected chi connectivity index (χ2v) is 16.3. The van der Waals surface area contributed by atoms with Crippen LogP contribution < -0.4 is 9.64 Å². The molecule has 3 saturated heterocycles. The molecule has 5 aliphatic rings. The van der Waals surface area contributed by atoms with Gasteiger partial charge in [-0.2, -0.15) is 0 Å². The van der Waals surface area contributed by atoms with Crippen molar-refractivity contribution in [1.29, 1.82) is 0 Å². The fourth-order valence-corrected chi connectivity index (χ4v) is 9.59. The Kier molecular flexibility index (Phi) is 8.40. The fraction of sp³-hybridized carbons (Fsp3) is 0.632. The summed E-state index contributed by atoms with van der Waals surface area (Å²) in [5, 5.41) is 18.6. The van der Waals surface area contributed by atoms with E-state index in [4.69, 9.17) is 4.74 Å². The van der Waals surface area contributed by atoms with Gasteiger partial charge >= 0.3 is 0 Å². The van der Waals surface area contributed by atoms with Gasteiger partial charge in [-0.25, -0.2) is 9.37 Å². The van der Waals surface area contributed by atoms with Crippen LogP contribution in [-0.4, -0.2) is 92.5 Å². The van der Waals surface area contributed by atoms with Crippen molar-refractivity contribution in [2.24, 2.45) is 23.2 Å². The lowest BCUT2D eigenvalue weighted by Gasteiger charge is -2.55. The molecule has 2 aromatic heterocycles. The highest BCUT2D eigenvalue weighted by molar-refractivity contribution is 5.74. The van der Waals surface area contributed by atoms with E-state index in [1.54, 1.807) is 6.07 Å². The number of ether oxygens (including phenoxy) is 1. The van der Waals surface area contributed by atoms with Crippen LogP contribution >= 0.6 is 0 Å². The fourth-order valence-electron chi connectivity index (χ4n) is 9.59. The first-order chi connectivity index (χ1) is 23.2. The van der Waals surface area contributed by atoms with Crippen LogP contribution in [0.2, 0.25) is 0 Å². The third-order valence-electron chi connectivity index (χ3n) is 11.8. The molecule has 1 spiro atoms. The van der Waals surface area contributed by atoms with Gasteiger partial charge in [0.1, 0.15) is 17.9 Å². The van der Waals surface area contributed by atoms with E-state index in [0.717, 1.165) is 82.0 Å². The molecule has 1 aromatic carbocycles. The van der Waals surface area contributed by atoms with Crippen LogP contribution in [0.1, 0.15) is 77.3 Å². The van der Waals surface area contributed by atoms with Gasteiger partial charge in [0.2, 0.25) is 0 Å². The number of halogens is 1. The number of rotatable bonds is 10. The maximum Gasteiger partial charge on any atom is 0.282 e. The Morgan fingerprint density at radius 2 is 1.79 bits per heavy atom. The molecule has 3 aliphatic heterocycles. The molecule has 9 nitrogen and oxygen atoms in total. The van der Waals surface area contributed by atoms with Crippen molar-refractivity contribution in [3.63, 3.8) is 0 Å². The van der Waals surface area contributed by atoms with Crippen LogP contribution in [0.4, 0.5) is 10.2 Å². The average Bonchev–Trinajstić information content (AvgIpc) is 3.80. The van der Waals surface area contributed by atoms with Crippen molar-refractivity contribution in [2.75, 3.05) is 50.7 Å². The molecule has 3 aromatic rings. The third kappa shape index (κ3) is 6.43. The molecule has 256 valence electrons. The quantitative estimate of drug-likeness (QED) is 0.276. The number of anilines is 1. The summed E-state index contributed by atoms with van der Waals surface area (Å²) in [6.45, 7) is 14.3. The molecule has 8 rings (SSSR count). The predicted octanol–water partition coefficient (Wildman–Crippen LogP) is 6.15. The molecule has 0 bridgehead atoms. The normalized spacial score (nSPS) is 26.9. The Morgan fingerprint density at radius 1 is 1.00 bits per heavy atom. The van der Waals surface area contributed by atoms with E-state index in [-0.39, 0.29) is 11.2 Å². The molecule has 5 heterocycles. The van der Waals surface area contributed by atoms with Crippen molar-refractivity contribution in [1.82, 2.24) is 30.0 Å². The monoisotopic (exact) mass is 655 g/mol. The van der Waals surface area contributed by atoms with Crippen molar-refractivity contribution in [3.05, 3.63) is 54.4 Å².